The lowest BCUT2D eigenvalue weighted by molar-refractivity contribution is -0.384. The van der Waals surface area contributed by atoms with Crippen molar-refractivity contribution in [1.29, 1.82) is 0 Å². The molecule has 9 heteroatoms. The van der Waals surface area contributed by atoms with E-state index >= 15 is 0 Å². The number of aromatic amines is 1. The lowest BCUT2D eigenvalue weighted by Crippen LogP contribution is -2.44. The molecule has 1 saturated heterocycles. The van der Waals surface area contributed by atoms with Crippen molar-refractivity contribution in [2.24, 2.45) is 0 Å². The number of hydrogen-bond donors (Lipinski definition) is 2. The van der Waals surface area contributed by atoms with Crippen molar-refractivity contribution in [1.82, 2.24) is 9.97 Å². The predicted octanol–water partition coefficient (Wildman–Crippen LogP) is 2.41. The van der Waals surface area contributed by atoms with Crippen LogP contribution < -0.4 is 15.8 Å². The van der Waals surface area contributed by atoms with E-state index in [0.717, 1.165) is 19.4 Å². The van der Waals surface area contributed by atoms with Crippen molar-refractivity contribution in [3.63, 3.8) is 0 Å². The summed E-state index contributed by atoms with van der Waals surface area (Å²) >= 11 is 5.84. The fraction of sp³-hybridized carbons (Fsp3) is 0.333. The van der Waals surface area contributed by atoms with Gasteiger partial charge in [0.15, 0.2) is 5.82 Å². The Kier molecular flexibility index (Phi) is 4.66. The molecule has 0 radical (unpaired) electrons. The molecule has 24 heavy (non-hydrogen) atoms. The molecule has 2 aromatic rings. The molecule has 2 N–H and O–H groups in total. The summed E-state index contributed by atoms with van der Waals surface area (Å²) in [5.41, 5.74) is 0.122. The maximum absolute atomic E-state index is 11.9. The second-order valence-corrected chi connectivity index (χ2v) is 6.03. The smallest absolute Gasteiger partial charge is 0.293 e. The number of anilines is 2. The summed E-state index contributed by atoms with van der Waals surface area (Å²) in [4.78, 5) is 31.2. The average molecular weight is 350 g/mol. The molecule has 3 rings (SSSR count). The zero-order chi connectivity index (χ0) is 17.1. The highest BCUT2D eigenvalue weighted by Crippen LogP contribution is 2.29. The van der Waals surface area contributed by atoms with Crippen molar-refractivity contribution < 1.29 is 4.92 Å². The number of piperidine rings is 1. The fourth-order valence-electron chi connectivity index (χ4n) is 2.85. The number of benzene rings is 1. The summed E-state index contributed by atoms with van der Waals surface area (Å²) in [6.07, 6.45) is 4.73. The Morgan fingerprint density at radius 2 is 2.29 bits per heavy atom. The number of H-pyrrole nitrogens is 1. The molecule has 1 aliphatic rings. The molecule has 0 saturated carbocycles. The first kappa shape index (κ1) is 16.3. The van der Waals surface area contributed by atoms with Crippen LogP contribution in [-0.2, 0) is 0 Å². The van der Waals surface area contributed by atoms with Gasteiger partial charge in [0, 0.05) is 42.6 Å². The average Bonchev–Trinajstić information content (AvgIpc) is 2.57. The Balaban J connectivity index is 1.78. The second kappa shape index (κ2) is 6.88. The summed E-state index contributed by atoms with van der Waals surface area (Å²) < 4.78 is 0. The highest BCUT2D eigenvalue weighted by Gasteiger charge is 2.24. The normalized spacial score (nSPS) is 17.5. The molecule has 1 aromatic carbocycles. The highest BCUT2D eigenvalue weighted by molar-refractivity contribution is 6.30. The molecule has 0 aliphatic carbocycles. The van der Waals surface area contributed by atoms with Crippen LogP contribution in [0, 0.1) is 10.1 Å². The fourth-order valence-corrected chi connectivity index (χ4v) is 3.02. The van der Waals surface area contributed by atoms with Crippen LogP contribution >= 0.6 is 11.6 Å². The number of nitrogens with zero attached hydrogens (tertiary/aromatic N) is 3. The van der Waals surface area contributed by atoms with Crippen LogP contribution in [0.4, 0.5) is 17.2 Å². The van der Waals surface area contributed by atoms with Crippen LogP contribution in [0.15, 0.2) is 35.4 Å². The van der Waals surface area contributed by atoms with Gasteiger partial charge in [-0.15, -0.1) is 0 Å². The lowest BCUT2D eigenvalue weighted by Gasteiger charge is -2.33. The molecule has 0 bridgehead atoms. The first-order chi connectivity index (χ1) is 11.5. The standard InChI is InChI=1S/C15H16ClN5O3/c16-10-3-4-12(13(8-10)21(23)24)19-11-2-1-7-20(9-11)14-15(22)18-6-5-17-14/h3-6,8,11,19H,1-2,7,9H2,(H,18,22). The Morgan fingerprint density at radius 3 is 3.04 bits per heavy atom. The Labute approximate surface area is 142 Å². The highest BCUT2D eigenvalue weighted by atomic mass is 35.5. The van der Waals surface area contributed by atoms with Gasteiger partial charge in [-0.1, -0.05) is 11.6 Å². The summed E-state index contributed by atoms with van der Waals surface area (Å²) in [7, 11) is 0. The summed E-state index contributed by atoms with van der Waals surface area (Å²) in [5, 5.41) is 14.7. The molecule has 2 heterocycles. The third-order valence-electron chi connectivity index (χ3n) is 3.93. The van der Waals surface area contributed by atoms with Crippen molar-refractivity contribution >= 4 is 28.8 Å². The number of halogens is 1. The third kappa shape index (κ3) is 3.48. The summed E-state index contributed by atoms with van der Waals surface area (Å²) in [6.45, 7) is 1.26. The third-order valence-corrected chi connectivity index (χ3v) is 4.16. The number of aromatic nitrogens is 2. The lowest BCUT2D eigenvalue weighted by atomic mass is 10.1. The largest absolute Gasteiger partial charge is 0.375 e. The van der Waals surface area contributed by atoms with E-state index in [1.165, 1.54) is 18.5 Å². The molecule has 1 unspecified atom stereocenters. The van der Waals surface area contributed by atoms with Gasteiger partial charge in [-0.25, -0.2) is 4.98 Å². The molecular formula is C15H16ClN5O3. The molecule has 1 aliphatic heterocycles. The van der Waals surface area contributed by atoms with Crippen LogP contribution in [0.3, 0.4) is 0 Å². The van der Waals surface area contributed by atoms with E-state index in [4.69, 9.17) is 11.6 Å². The van der Waals surface area contributed by atoms with Crippen LogP contribution in [0.25, 0.3) is 0 Å². The van der Waals surface area contributed by atoms with Gasteiger partial charge < -0.3 is 15.2 Å². The van der Waals surface area contributed by atoms with Crippen molar-refractivity contribution in [3.8, 4) is 0 Å². The molecule has 8 nitrogen and oxygen atoms in total. The van der Waals surface area contributed by atoms with Crippen LogP contribution in [-0.4, -0.2) is 34.0 Å². The molecular weight excluding hydrogens is 334 g/mol. The zero-order valence-corrected chi connectivity index (χ0v) is 13.5. The van der Waals surface area contributed by atoms with Crippen LogP contribution in [0.5, 0.6) is 0 Å². The first-order valence-corrected chi connectivity index (χ1v) is 7.91. The van der Waals surface area contributed by atoms with Gasteiger partial charge in [0.2, 0.25) is 0 Å². The number of nitrogens with one attached hydrogen (secondary N) is 2. The van der Waals surface area contributed by atoms with Gasteiger partial charge in [0.05, 0.1) is 4.92 Å². The molecule has 0 spiro atoms. The minimum Gasteiger partial charge on any atom is -0.375 e. The van der Waals surface area contributed by atoms with Gasteiger partial charge >= 0.3 is 0 Å². The van der Waals surface area contributed by atoms with E-state index in [0.29, 0.717) is 23.1 Å². The first-order valence-electron chi connectivity index (χ1n) is 7.53. The Morgan fingerprint density at radius 1 is 1.46 bits per heavy atom. The quantitative estimate of drug-likeness (QED) is 0.648. The van der Waals surface area contributed by atoms with Crippen molar-refractivity contribution in [2.75, 3.05) is 23.3 Å². The van der Waals surface area contributed by atoms with E-state index in [9.17, 15) is 14.9 Å². The van der Waals surface area contributed by atoms with Gasteiger partial charge in [-0.05, 0) is 25.0 Å². The number of rotatable bonds is 4. The number of nitro benzene ring substituents is 1. The van der Waals surface area contributed by atoms with Crippen LogP contribution in [0.1, 0.15) is 12.8 Å². The molecule has 1 atom stereocenters. The molecule has 1 aromatic heterocycles. The molecule has 126 valence electrons. The topological polar surface area (TPSA) is 104 Å². The monoisotopic (exact) mass is 349 g/mol. The minimum absolute atomic E-state index is 0.0277. The van der Waals surface area contributed by atoms with E-state index in [1.54, 1.807) is 12.1 Å². The van der Waals surface area contributed by atoms with Crippen molar-refractivity contribution in [3.05, 3.63) is 56.1 Å². The van der Waals surface area contributed by atoms with Crippen molar-refractivity contribution in [2.45, 2.75) is 18.9 Å². The van der Waals surface area contributed by atoms with Gasteiger partial charge in [0.25, 0.3) is 11.2 Å². The van der Waals surface area contributed by atoms with Gasteiger partial charge in [-0.2, -0.15) is 0 Å². The second-order valence-electron chi connectivity index (χ2n) is 5.59. The Bertz CT molecular complexity index is 810. The molecule has 1 fully saturated rings. The number of hydrogen-bond acceptors (Lipinski definition) is 6. The minimum atomic E-state index is -0.460. The zero-order valence-electron chi connectivity index (χ0n) is 12.7. The van der Waals surface area contributed by atoms with E-state index in [1.807, 2.05) is 4.90 Å². The van der Waals surface area contributed by atoms with Crippen LogP contribution in [0.2, 0.25) is 5.02 Å². The number of nitro groups is 1. The summed E-state index contributed by atoms with van der Waals surface area (Å²) in [6, 6.07) is 4.52. The van der Waals surface area contributed by atoms with E-state index < -0.39 is 4.92 Å². The maximum Gasteiger partial charge on any atom is 0.293 e. The van der Waals surface area contributed by atoms with Gasteiger partial charge in [0.1, 0.15) is 5.69 Å². The van der Waals surface area contributed by atoms with Gasteiger partial charge in [-0.3, -0.25) is 14.9 Å². The maximum atomic E-state index is 11.9. The Hall–Kier alpha value is -2.61. The molecule has 0 amide bonds. The predicted molar refractivity (Wildman–Crippen MR) is 91.8 cm³/mol. The van der Waals surface area contributed by atoms with E-state index in [2.05, 4.69) is 15.3 Å². The SMILES string of the molecule is O=c1[nH]ccnc1N1CCCC(Nc2ccc(Cl)cc2[N+](=O)[O-])C1. The van der Waals surface area contributed by atoms with E-state index in [-0.39, 0.29) is 17.3 Å². The summed E-state index contributed by atoms with van der Waals surface area (Å²) in [5.74, 6) is 0.370.